The summed E-state index contributed by atoms with van der Waals surface area (Å²) in [7, 11) is 1.55. The summed E-state index contributed by atoms with van der Waals surface area (Å²) in [5.74, 6) is -0.861. The van der Waals surface area contributed by atoms with Crippen molar-refractivity contribution in [1.29, 1.82) is 0 Å². The zero-order valence-electron chi connectivity index (χ0n) is 15.6. The van der Waals surface area contributed by atoms with Gasteiger partial charge in [-0.15, -0.1) is 5.10 Å². The lowest BCUT2D eigenvalue weighted by Crippen LogP contribution is -2.21. The largest absolute Gasteiger partial charge is 0.497 e. The van der Waals surface area contributed by atoms with Crippen LogP contribution >= 0.6 is 15.9 Å². The minimum atomic E-state index is -0.567. The first-order valence-electron chi connectivity index (χ1n) is 8.47. The Morgan fingerprint density at radius 2 is 1.90 bits per heavy atom. The van der Waals surface area contributed by atoms with E-state index in [1.807, 2.05) is 0 Å². The second-order valence-corrected chi connectivity index (χ2v) is 6.95. The SMILES string of the molecule is COc1ccc(NC(=O)c2nnn(CC(=O)Nc3ccc(Br)cc3F)c2C)cc1. The molecule has 10 heteroatoms. The number of carbonyl (C=O) groups excluding carboxylic acids is 2. The van der Waals surface area contributed by atoms with Crippen molar-refractivity contribution < 1.29 is 18.7 Å². The van der Waals surface area contributed by atoms with Crippen molar-refractivity contribution in [3.8, 4) is 5.75 Å². The van der Waals surface area contributed by atoms with Gasteiger partial charge < -0.3 is 15.4 Å². The third-order valence-electron chi connectivity index (χ3n) is 4.04. The molecule has 0 aliphatic carbocycles. The normalized spacial score (nSPS) is 10.5. The van der Waals surface area contributed by atoms with Crippen molar-refractivity contribution in [2.75, 3.05) is 17.7 Å². The van der Waals surface area contributed by atoms with Crippen LogP contribution in [0.25, 0.3) is 0 Å². The molecule has 0 unspecified atom stereocenters. The number of nitrogens with one attached hydrogen (secondary N) is 2. The zero-order valence-corrected chi connectivity index (χ0v) is 17.2. The molecule has 29 heavy (non-hydrogen) atoms. The first-order valence-corrected chi connectivity index (χ1v) is 9.27. The van der Waals surface area contributed by atoms with Gasteiger partial charge in [-0.05, 0) is 49.4 Å². The number of nitrogens with zero attached hydrogens (tertiary/aromatic N) is 3. The molecule has 0 spiro atoms. The van der Waals surface area contributed by atoms with Crippen LogP contribution in [0.2, 0.25) is 0 Å². The van der Waals surface area contributed by atoms with Gasteiger partial charge in [0.15, 0.2) is 5.69 Å². The van der Waals surface area contributed by atoms with Crippen LogP contribution in [-0.4, -0.2) is 33.9 Å². The molecule has 3 aromatic rings. The van der Waals surface area contributed by atoms with Crippen molar-refractivity contribution in [2.24, 2.45) is 0 Å². The molecule has 2 amide bonds. The summed E-state index contributed by atoms with van der Waals surface area (Å²) in [5.41, 5.74) is 1.10. The van der Waals surface area contributed by atoms with Crippen LogP contribution in [0.15, 0.2) is 46.9 Å². The monoisotopic (exact) mass is 461 g/mol. The van der Waals surface area contributed by atoms with Crippen LogP contribution in [0.1, 0.15) is 16.2 Å². The number of halogens is 2. The van der Waals surface area contributed by atoms with E-state index in [-0.39, 0.29) is 17.9 Å². The summed E-state index contributed by atoms with van der Waals surface area (Å²) in [6, 6.07) is 11.1. The number of hydrogen-bond donors (Lipinski definition) is 2. The summed E-state index contributed by atoms with van der Waals surface area (Å²) in [6.45, 7) is 1.40. The van der Waals surface area contributed by atoms with E-state index in [4.69, 9.17) is 4.74 Å². The highest BCUT2D eigenvalue weighted by atomic mass is 79.9. The summed E-state index contributed by atoms with van der Waals surface area (Å²) >= 11 is 3.15. The van der Waals surface area contributed by atoms with Crippen LogP contribution < -0.4 is 15.4 Å². The van der Waals surface area contributed by atoms with Gasteiger partial charge in [0.1, 0.15) is 18.1 Å². The third-order valence-corrected chi connectivity index (χ3v) is 4.54. The molecule has 1 heterocycles. The molecule has 3 rings (SSSR count). The lowest BCUT2D eigenvalue weighted by molar-refractivity contribution is -0.117. The molecule has 2 aromatic carbocycles. The molecule has 0 bridgehead atoms. The van der Waals surface area contributed by atoms with Crippen LogP contribution in [0.5, 0.6) is 5.75 Å². The Morgan fingerprint density at radius 1 is 1.17 bits per heavy atom. The number of amides is 2. The third kappa shape index (κ3) is 4.96. The van der Waals surface area contributed by atoms with Gasteiger partial charge in [-0.25, -0.2) is 9.07 Å². The second-order valence-electron chi connectivity index (χ2n) is 6.04. The number of aromatic nitrogens is 3. The van der Waals surface area contributed by atoms with Gasteiger partial charge in [-0.2, -0.15) is 0 Å². The van der Waals surface area contributed by atoms with E-state index in [1.54, 1.807) is 44.4 Å². The van der Waals surface area contributed by atoms with Crippen LogP contribution in [0, 0.1) is 12.7 Å². The Morgan fingerprint density at radius 3 is 2.55 bits per heavy atom. The van der Waals surface area contributed by atoms with E-state index in [2.05, 4.69) is 36.9 Å². The van der Waals surface area contributed by atoms with Crippen molar-refractivity contribution in [3.63, 3.8) is 0 Å². The Labute approximate surface area is 174 Å². The average Bonchev–Trinajstić information content (AvgIpc) is 3.05. The number of hydrogen-bond acceptors (Lipinski definition) is 5. The highest BCUT2D eigenvalue weighted by molar-refractivity contribution is 9.10. The second kappa shape index (κ2) is 8.82. The highest BCUT2D eigenvalue weighted by Gasteiger charge is 2.18. The van der Waals surface area contributed by atoms with E-state index in [9.17, 15) is 14.0 Å². The first-order chi connectivity index (χ1) is 13.9. The van der Waals surface area contributed by atoms with Crippen molar-refractivity contribution >= 4 is 39.1 Å². The van der Waals surface area contributed by atoms with E-state index < -0.39 is 17.6 Å². The maximum absolute atomic E-state index is 13.9. The number of benzene rings is 2. The maximum Gasteiger partial charge on any atom is 0.278 e. The predicted molar refractivity (Wildman–Crippen MR) is 108 cm³/mol. The molecule has 8 nitrogen and oxygen atoms in total. The van der Waals surface area contributed by atoms with Gasteiger partial charge in [0.05, 0.1) is 18.5 Å². The minimum Gasteiger partial charge on any atom is -0.497 e. The van der Waals surface area contributed by atoms with Gasteiger partial charge >= 0.3 is 0 Å². The van der Waals surface area contributed by atoms with Gasteiger partial charge in [-0.3, -0.25) is 9.59 Å². The molecule has 2 N–H and O–H groups in total. The standard InChI is InChI=1S/C19H17BrFN5O3/c1-11-18(19(28)22-13-4-6-14(29-2)7-5-13)24-25-26(11)10-17(27)23-16-8-3-12(20)9-15(16)21/h3-9H,10H2,1-2H3,(H,22,28)(H,23,27). The maximum atomic E-state index is 13.9. The van der Waals surface area contributed by atoms with E-state index in [0.717, 1.165) is 0 Å². The average molecular weight is 462 g/mol. The lowest BCUT2D eigenvalue weighted by atomic mass is 10.2. The smallest absolute Gasteiger partial charge is 0.278 e. The van der Waals surface area contributed by atoms with Crippen LogP contribution in [0.3, 0.4) is 0 Å². The zero-order chi connectivity index (χ0) is 21.0. The fourth-order valence-corrected chi connectivity index (χ4v) is 2.83. The van der Waals surface area contributed by atoms with Gasteiger partial charge in [-0.1, -0.05) is 21.1 Å². The number of ether oxygens (including phenoxy) is 1. The molecule has 0 fully saturated rings. The molecule has 0 saturated carbocycles. The summed E-state index contributed by atoms with van der Waals surface area (Å²) in [4.78, 5) is 24.7. The first kappa shape index (κ1) is 20.5. The van der Waals surface area contributed by atoms with Gasteiger partial charge in [0.25, 0.3) is 5.91 Å². The van der Waals surface area contributed by atoms with Crippen molar-refractivity contribution in [2.45, 2.75) is 13.5 Å². The van der Waals surface area contributed by atoms with E-state index in [1.165, 1.54) is 16.8 Å². The van der Waals surface area contributed by atoms with Crippen molar-refractivity contribution in [1.82, 2.24) is 15.0 Å². The molecule has 0 aliphatic rings. The highest BCUT2D eigenvalue weighted by Crippen LogP contribution is 2.19. The summed E-state index contributed by atoms with van der Waals surface area (Å²) < 4.78 is 20.8. The quantitative estimate of drug-likeness (QED) is 0.586. The Bertz CT molecular complexity index is 1050. The minimum absolute atomic E-state index is 0.0495. The Hall–Kier alpha value is -3.27. The molecular formula is C19H17BrFN5O3. The summed E-state index contributed by atoms with van der Waals surface area (Å²) in [5, 5.41) is 12.9. The summed E-state index contributed by atoms with van der Waals surface area (Å²) in [6.07, 6.45) is 0. The topological polar surface area (TPSA) is 98.1 Å². The molecule has 1 aromatic heterocycles. The molecule has 150 valence electrons. The van der Waals surface area contributed by atoms with Crippen LogP contribution in [-0.2, 0) is 11.3 Å². The molecule has 0 atom stereocenters. The molecule has 0 radical (unpaired) electrons. The van der Waals surface area contributed by atoms with Gasteiger partial charge in [0, 0.05) is 10.2 Å². The Balaban J connectivity index is 1.66. The van der Waals surface area contributed by atoms with Gasteiger partial charge in [0.2, 0.25) is 5.91 Å². The molecular weight excluding hydrogens is 445 g/mol. The fraction of sp³-hybridized carbons (Fsp3) is 0.158. The Kier molecular flexibility index (Phi) is 6.23. The lowest BCUT2D eigenvalue weighted by Gasteiger charge is -2.08. The van der Waals surface area contributed by atoms with Crippen LogP contribution in [0.4, 0.5) is 15.8 Å². The fourth-order valence-electron chi connectivity index (χ4n) is 2.50. The number of methoxy groups -OCH3 is 1. The van der Waals surface area contributed by atoms with Crippen molar-refractivity contribution in [3.05, 3.63) is 64.1 Å². The number of rotatable bonds is 6. The predicted octanol–water partition coefficient (Wildman–Crippen LogP) is 3.39. The van der Waals surface area contributed by atoms with E-state index in [0.29, 0.717) is 21.6 Å². The molecule has 0 saturated heterocycles. The van der Waals surface area contributed by atoms with E-state index >= 15 is 0 Å². The number of carbonyl (C=O) groups is 2. The molecule has 0 aliphatic heterocycles. The number of anilines is 2.